The zero-order valence-corrected chi connectivity index (χ0v) is 6.12. The summed E-state index contributed by atoms with van der Waals surface area (Å²) in [5.74, 6) is 3.70. The molecular weight excluding hydrogens is 132 g/mol. The Labute approximate surface area is 60.2 Å². The quantitative estimate of drug-likeness (QED) is 0.431. The largest absolute Gasteiger partial charge is 0.379 e. The molecule has 0 unspecified atom stereocenters. The highest BCUT2D eigenvalue weighted by molar-refractivity contribution is 8.00. The highest BCUT2D eigenvalue weighted by Crippen LogP contribution is 2.18. The van der Waals surface area contributed by atoms with Gasteiger partial charge in [-0.2, -0.15) is 11.8 Å². The lowest BCUT2D eigenvalue weighted by molar-refractivity contribution is 0.0455. The van der Waals surface area contributed by atoms with Crippen LogP contribution in [0.3, 0.4) is 0 Å². The van der Waals surface area contributed by atoms with Crippen molar-refractivity contribution in [3.63, 3.8) is 0 Å². The van der Waals surface area contributed by atoms with E-state index in [9.17, 15) is 0 Å². The van der Waals surface area contributed by atoms with E-state index < -0.39 is 0 Å². The molecule has 0 aliphatic carbocycles. The lowest BCUT2D eigenvalue weighted by atomic mass is 10.4. The predicted molar refractivity (Wildman–Crippen MR) is 40.5 cm³/mol. The van der Waals surface area contributed by atoms with E-state index in [-0.39, 0.29) is 0 Å². The second-order valence-corrected chi connectivity index (χ2v) is 3.39. The van der Waals surface area contributed by atoms with E-state index in [0.29, 0.717) is 0 Å². The average molecular weight is 142 g/mol. The Balaban J connectivity index is 1.87. The van der Waals surface area contributed by atoms with Crippen LogP contribution in [0.5, 0.6) is 0 Å². The highest BCUT2D eigenvalue weighted by atomic mass is 32.2. The van der Waals surface area contributed by atoms with Crippen molar-refractivity contribution in [3.05, 3.63) is 0 Å². The van der Waals surface area contributed by atoms with Crippen molar-refractivity contribution in [3.8, 4) is 12.3 Å². The number of ether oxygens (including phenoxy) is 1. The Morgan fingerprint density at radius 1 is 1.67 bits per heavy atom. The SMILES string of the molecule is C#CCCSC1COC1. The first-order valence-corrected chi connectivity index (χ1v) is 4.11. The van der Waals surface area contributed by atoms with Crippen LogP contribution < -0.4 is 0 Å². The summed E-state index contributed by atoms with van der Waals surface area (Å²) in [7, 11) is 0. The Kier molecular flexibility index (Phi) is 2.96. The van der Waals surface area contributed by atoms with Gasteiger partial charge in [-0.3, -0.25) is 0 Å². The van der Waals surface area contributed by atoms with Gasteiger partial charge >= 0.3 is 0 Å². The molecule has 0 aromatic carbocycles. The highest BCUT2D eigenvalue weighted by Gasteiger charge is 2.17. The fraction of sp³-hybridized carbons (Fsp3) is 0.714. The monoisotopic (exact) mass is 142 g/mol. The predicted octanol–water partition coefficient (Wildman–Crippen LogP) is 1.14. The molecule has 2 heteroatoms. The average Bonchev–Trinajstić information content (AvgIpc) is 1.76. The normalized spacial score (nSPS) is 18.6. The second kappa shape index (κ2) is 3.81. The molecule has 0 atom stereocenters. The van der Waals surface area contributed by atoms with Crippen molar-refractivity contribution in [2.24, 2.45) is 0 Å². The van der Waals surface area contributed by atoms with Gasteiger partial charge in [0.1, 0.15) is 0 Å². The van der Waals surface area contributed by atoms with Crippen molar-refractivity contribution in [2.75, 3.05) is 19.0 Å². The zero-order chi connectivity index (χ0) is 6.53. The molecule has 1 heterocycles. The maximum Gasteiger partial charge on any atom is 0.0607 e. The molecule has 0 aromatic heterocycles. The molecule has 1 aliphatic rings. The first-order chi connectivity index (χ1) is 4.43. The van der Waals surface area contributed by atoms with Crippen molar-refractivity contribution >= 4 is 11.8 Å². The summed E-state index contributed by atoms with van der Waals surface area (Å²) in [5, 5.41) is 0.735. The minimum atomic E-state index is 0.735. The van der Waals surface area contributed by atoms with Crippen LogP contribution in [0.2, 0.25) is 0 Å². The van der Waals surface area contributed by atoms with Gasteiger partial charge in [-0.25, -0.2) is 0 Å². The van der Waals surface area contributed by atoms with Gasteiger partial charge in [0.05, 0.1) is 18.5 Å². The Morgan fingerprint density at radius 3 is 2.89 bits per heavy atom. The molecule has 1 saturated heterocycles. The van der Waals surface area contributed by atoms with Gasteiger partial charge in [0, 0.05) is 12.2 Å². The number of hydrogen-bond acceptors (Lipinski definition) is 2. The molecule has 9 heavy (non-hydrogen) atoms. The van der Waals surface area contributed by atoms with Crippen LogP contribution in [0, 0.1) is 12.3 Å². The molecule has 1 fully saturated rings. The smallest absolute Gasteiger partial charge is 0.0607 e. The molecule has 0 radical (unpaired) electrons. The lowest BCUT2D eigenvalue weighted by Crippen LogP contribution is -2.30. The van der Waals surface area contributed by atoms with Crippen LogP contribution in [0.15, 0.2) is 0 Å². The molecule has 1 nitrogen and oxygen atoms in total. The second-order valence-electron chi connectivity index (χ2n) is 1.98. The van der Waals surface area contributed by atoms with Crippen LogP contribution in [-0.4, -0.2) is 24.2 Å². The lowest BCUT2D eigenvalue weighted by Gasteiger charge is -2.24. The third-order valence-electron chi connectivity index (χ3n) is 1.21. The fourth-order valence-electron chi connectivity index (χ4n) is 0.595. The van der Waals surface area contributed by atoms with Gasteiger partial charge in [0.2, 0.25) is 0 Å². The first-order valence-electron chi connectivity index (χ1n) is 3.06. The van der Waals surface area contributed by atoms with E-state index in [1.807, 2.05) is 11.8 Å². The molecule has 0 amide bonds. The van der Waals surface area contributed by atoms with Crippen LogP contribution in [0.25, 0.3) is 0 Å². The van der Waals surface area contributed by atoms with Crippen molar-refractivity contribution < 1.29 is 4.74 Å². The Morgan fingerprint density at radius 2 is 2.44 bits per heavy atom. The Bertz CT molecular complexity index is 113. The third kappa shape index (κ3) is 2.30. The Hall–Kier alpha value is -0.130. The first kappa shape index (κ1) is 6.98. The molecular formula is C7H10OS. The zero-order valence-electron chi connectivity index (χ0n) is 5.30. The van der Waals surface area contributed by atoms with E-state index in [0.717, 1.165) is 30.6 Å². The van der Waals surface area contributed by atoms with E-state index in [2.05, 4.69) is 5.92 Å². The molecule has 0 spiro atoms. The molecule has 0 bridgehead atoms. The standard InChI is InChI=1S/C7H10OS/c1-2-3-4-9-7-5-8-6-7/h1,7H,3-6H2. The topological polar surface area (TPSA) is 9.23 Å². The summed E-state index contributed by atoms with van der Waals surface area (Å²) < 4.78 is 4.99. The van der Waals surface area contributed by atoms with Crippen LogP contribution in [-0.2, 0) is 4.74 Å². The molecule has 1 rings (SSSR count). The number of terminal acetylenes is 1. The number of thioether (sulfide) groups is 1. The summed E-state index contributed by atoms with van der Waals surface area (Å²) in [6, 6.07) is 0. The van der Waals surface area contributed by atoms with Crippen LogP contribution >= 0.6 is 11.8 Å². The van der Waals surface area contributed by atoms with E-state index in [4.69, 9.17) is 11.2 Å². The maximum absolute atomic E-state index is 5.08. The van der Waals surface area contributed by atoms with Crippen molar-refractivity contribution in [1.82, 2.24) is 0 Å². The summed E-state index contributed by atoms with van der Waals surface area (Å²) in [5.41, 5.74) is 0. The molecule has 0 N–H and O–H groups in total. The molecule has 0 saturated carbocycles. The van der Waals surface area contributed by atoms with Gasteiger partial charge in [-0.1, -0.05) is 0 Å². The van der Waals surface area contributed by atoms with Crippen LogP contribution in [0.4, 0.5) is 0 Å². The van der Waals surface area contributed by atoms with Gasteiger partial charge in [0.15, 0.2) is 0 Å². The van der Waals surface area contributed by atoms with E-state index in [1.165, 1.54) is 0 Å². The summed E-state index contributed by atoms with van der Waals surface area (Å²) >= 11 is 1.92. The van der Waals surface area contributed by atoms with E-state index in [1.54, 1.807) is 0 Å². The summed E-state index contributed by atoms with van der Waals surface area (Å²) in [6.07, 6.45) is 5.97. The fourth-order valence-corrected chi connectivity index (χ4v) is 1.55. The third-order valence-corrected chi connectivity index (χ3v) is 2.39. The number of rotatable bonds is 3. The summed E-state index contributed by atoms with van der Waals surface area (Å²) in [4.78, 5) is 0. The maximum atomic E-state index is 5.08. The summed E-state index contributed by atoms with van der Waals surface area (Å²) in [6.45, 7) is 1.85. The van der Waals surface area contributed by atoms with Gasteiger partial charge in [-0.05, 0) is 0 Å². The number of hydrogen-bond donors (Lipinski definition) is 0. The minimum Gasteiger partial charge on any atom is -0.379 e. The molecule has 50 valence electrons. The van der Waals surface area contributed by atoms with Gasteiger partial charge in [0.25, 0.3) is 0 Å². The van der Waals surface area contributed by atoms with E-state index >= 15 is 0 Å². The van der Waals surface area contributed by atoms with Crippen molar-refractivity contribution in [2.45, 2.75) is 11.7 Å². The molecule has 1 aliphatic heterocycles. The van der Waals surface area contributed by atoms with Crippen LogP contribution in [0.1, 0.15) is 6.42 Å². The minimum absolute atomic E-state index is 0.735. The van der Waals surface area contributed by atoms with Crippen molar-refractivity contribution in [1.29, 1.82) is 0 Å². The molecule has 0 aromatic rings. The van der Waals surface area contributed by atoms with Gasteiger partial charge in [-0.15, -0.1) is 12.3 Å². The van der Waals surface area contributed by atoms with Gasteiger partial charge < -0.3 is 4.74 Å².